The minimum absolute atomic E-state index is 0.455. The number of benzene rings is 1. The normalized spacial score (nSPS) is 14.4. The second-order valence-corrected chi connectivity index (χ2v) is 5.52. The summed E-state index contributed by atoms with van der Waals surface area (Å²) in [6, 6.07) is 10.1. The molecule has 0 amide bonds. The number of aromatic nitrogens is 2. The molecule has 1 unspecified atom stereocenters. The zero-order chi connectivity index (χ0) is 14.0. The Labute approximate surface area is 119 Å². The maximum Gasteiger partial charge on any atom is 0.0850 e. The third-order valence-electron chi connectivity index (χ3n) is 3.47. The summed E-state index contributed by atoms with van der Waals surface area (Å²) in [5.41, 5.74) is 9.03. The summed E-state index contributed by atoms with van der Waals surface area (Å²) in [5, 5.41) is 5.18. The van der Waals surface area contributed by atoms with Crippen molar-refractivity contribution in [2.45, 2.75) is 32.2 Å². The Hall–Kier alpha value is -1.32. The standard InChI is InChI=1S/C15H20ClN3/c1-4-12-14(16)13(19(3)18-12)10-15(2,17)11-8-6-5-7-9-11/h5-9H,4,10,17H2,1-3H3. The summed E-state index contributed by atoms with van der Waals surface area (Å²) in [6.45, 7) is 4.08. The van der Waals surface area contributed by atoms with Gasteiger partial charge in [0.2, 0.25) is 0 Å². The minimum Gasteiger partial charge on any atom is -0.321 e. The van der Waals surface area contributed by atoms with Crippen molar-refractivity contribution in [3.05, 3.63) is 52.3 Å². The molecule has 0 aliphatic rings. The van der Waals surface area contributed by atoms with Crippen molar-refractivity contribution in [3.8, 4) is 0 Å². The second-order valence-electron chi connectivity index (χ2n) is 5.14. The highest BCUT2D eigenvalue weighted by atomic mass is 35.5. The lowest BCUT2D eigenvalue weighted by Crippen LogP contribution is -2.36. The molecule has 0 saturated carbocycles. The summed E-state index contributed by atoms with van der Waals surface area (Å²) >= 11 is 6.38. The Kier molecular flexibility index (Phi) is 3.97. The number of hydrogen-bond donors (Lipinski definition) is 1. The molecule has 0 bridgehead atoms. The van der Waals surface area contributed by atoms with Crippen LogP contribution in [0.5, 0.6) is 0 Å². The van der Waals surface area contributed by atoms with Crippen molar-refractivity contribution in [2.24, 2.45) is 12.8 Å². The zero-order valence-electron chi connectivity index (χ0n) is 11.7. The van der Waals surface area contributed by atoms with Gasteiger partial charge < -0.3 is 5.73 Å². The lowest BCUT2D eigenvalue weighted by molar-refractivity contribution is 0.472. The smallest absolute Gasteiger partial charge is 0.0850 e. The van der Waals surface area contributed by atoms with Gasteiger partial charge in [0.25, 0.3) is 0 Å². The Morgan fingerprint density at radius 2 is 1.95 bits per heavy atom. The van der Waals surface area contributed by atoms with E-state index in [-0.39, 0.29) is 0 Å². The van der Waals surface area contributed by atoms with Crippen LogP contribution in [0.15, 0.2) is 30.3 Å². The number of nitrogens with zero attached hydrogens (tertiary/aromatic N) is 2. The molecule has 0 aliphatic heterocycles. The Morgan fingerprint density at radius 3 is 2.47 bits per heavy atom. The molecule has 4 heteroatoms. The van der Waals surface area contributed by atoms with Crippen molar-refractivity contribution in [3.63, 3.8) is 0 Å². The minimum atomic E-state index is -0.455. The summed E-state index contributed by atoms with van der Waals surface area (Å²) < 4.78 is 1.84. The van der Waals surface area contributed by atoms with Gasteiger partial charge in [-0.25, -0.2) is 0 Å². The quantitative estimate of drug-likeness (QED) is 0.933. The first kappa shape index (κ1) is 14.1. The van der Waals surface area contributed by atoms with Crippen LogP contribution >= 0.6 is 11.6 Å². The topological polar surface area (TPSA) is 43.8 Å². The molecular weight excluding hydrogens is 258 g/mol. The van der Waals surface area contributed by atoms with E-state index >= 15 is 0 Å². The largest absolute Gasteiger partial charge is 0.321 e. The molecule has 0 saturated heterocycles. The van der Waals surface area contributed by atoms with Crippen LogP contribution in [0.3, 0.4) is 0 Å². The number of aryl methyl sites for hydroxylation is 2. The van der Waals surface area contributed by atoms with Crippen LogP contribution in [-0.4, -0.2) is 9.78 Å². The van der Waals surface area contributed by atoms with E-state index in [2.05, 4.69) is 12.0 Å². The Bertz CT molecular complexity index is 558. The summed E-state index contributed by atoms with van der Waals surface area (Å²) in [6.07, 6.45) is 1.50. The van der Waals surface area contributed by atoms with Crippen LogP contribution in [0.1, 0.15) is 30.8 Å². The van der Waals surface area contributed by atoms with Crippen LogP contribution in [0, 0.1) is 0 Å². The Balaban J connectivity index is 2.33. The highest BCUT2D eigenvalue weighted by Gasteiger charge is 2.25. The first-order valence-electron chi connectivity index (χ1n) is 6.50. The summed E-state index contributed by atoms with van der Waals surface area (Å²) in [4.78, 5) is 0. The molecule has 2 N–H and O–H groups in total. The van der Waals surface area contributed by atoms with Gasteiger partial charge in [0, 0.05) is 19.0 Å². The molecule has 0 aliphatic carbocycles. The number of rotatable bonds is 4. The molecule has 0 fully saturated rings. The van der Waals surface area contributed by atoms with Gasteiger partial charge >= 0.3 is 0 Å². The molecule has 0 spiro atoms. The summed E-state index contributed by atoms with van der Waals surface area (Å²) in [7, 11) is 1.92. The van der Waals surface area contributed by atoms with Gasteiger partial charge in [-0.1, -0.05) is 48.9 Å². The van der Waals surface area contributed by atoms with Crippen molar-refractivity contribution < 1.29 is 0 Å². The van der Waals surface area contributed by atoms with E-state index in [4.69, 9.17) is 17.3 Å². The molecule has 2 aromatic rings. The molecule has 1 heterocycles. The molecule has 0 radical (unpaired) electrons. The number of nitrogens with two attached hydrogens (primary N) is 1. The van der Waals surface area contributed by atoms with Crippen LogP contribution in [0.25, 0.3) is 0 Å². The summed E-state index contributed by atoms with van der Waals surface area (Å²) in [5.74, 6) is 0. The average Bonchev–Trinajstić information content (AvgIpc) is 2.67. The molecule has 1 aromatic carbocycles. The average molecular weight is 278 g/mol. The van der Waals surface area contributed by atoms with E-state index in [1.54, 1.807) is 0 Å². The van der Waals surface area contributed by atoms with Crippen molar-refractivity contribution >= 4 is 11.6 Å². The molecular formula is C15H20ClN3. The molecule has 3 nitrogen and oxygen atoms in total. The highest BCUT2D eigenvalue weighted by Crippen LogP contribution is 2.28. The van der Waals surface area contributed by atoms with Gasteiger partial charge in [-0.05, 0) is 18.9 Å². The number of halogens is 1. The van der Waals surface area contributed by atoms with E-state index < -0.39 is 5.54 Å². The molecule has 19 heavy (non-hydrogen) atoms. The van der Waals surface area contributed by atoms with Crippen LogP contribution in [0.4, 0.5) is 0 Å². The fourth-order valence-electron chi connectivity index (χ4n) is 2.28. The fraction of sp³-hybridized carbons (Fsp3) is 0.400. The predicted molar refractivity (Wildman–Crippen MR) is 79.3 cm³/mol. The van der Waals surface area contributed by atoms with Gasteiger partial charge in [-0.15, -0.1) is 0 Å². The van der Waals surface area contributed by atoms with E-state index in [9.17, 15) is 0 Å². The van der Waals surface area contributed by atoms with Gasteiger partial charge in [0.05, 0.1) is 16.4 Å². The second kappa shape index (κ2) is 5.35. The Morgan fingerprint density at radius 1 is 1.32 bits per heavy atom. The number of hydrogen-bond acceptors (Lipinski definition) is 2. The van der Waals surface area contributed by atoms with E-state index in [0.717, 1.165) is 28.4 Å². The SMILES string of the molecule is CCc1nn(C)c(CC(C)(N)c2ccccc2)c1Cl. The van der Waals surface area contributed by atoms with E-state index in [0.29, 0.717) is 6.42 Å². The maximum atomic E-state index is 6.46. The van der Waals surface area contributed by atoms with Gasteiger partial charge in [0.1, 0.15) is 0 Å². The van der Waals surface area contributed by atoms with Crippen molar-refractivity contribution in [1.82, 2.24) is 9.78 Å². The monoisotopic (exact) mass is 277 g/mol. The zero-order valence-corrected chi connectivity index (χ0v) is 12.4. The van der Waals surface area contributed by atoms with Gasteiger partial charge in [0.15, 0.2) is 0 Å². The highest BCUT2D eigenvalue weighted by molar-refractivity contribution is 6.31. The first-order chi connectivity index (χ1) is 8.95. The van der Waals surface area contributed by atoms with E-state index in [1.807, 2.05) is 49.0 Å². The molecule has 102 valence electrons. The molecule has 2 rings (SSSR count). The third-order valence-corrected chi connectivity index (χ3v) is 3.91. The van der Waals surface area contributed by atoms with Gasteiger partial charge in [-0.3, -0.25) is 4.68 Å². The van der Waals surface area contributed by atoms with Crippen LogP contribution in [-0.2, 0) is 25.4 Å². The fourth-order valence-corrected chi connectivity index (χ4v) is 2.64. The predicted octanol–water partition coefficient (Wildman–Crippen LogP) is 3.05. The van der Waals surface area contributed by atoms with Gasteiger partial charge in [-0.2, -0.15) is 5.10 Å². The van der Waals surface area contributed by atoms with Crippen LogP contribution in [0.2, 0.25) is 5.02 Å². The van der Waals surface area contributed by atoms with Crippen molar-refractivity contribution in [1.29, 1.82) is 0 Å². The van der Waals surface area contributed by atoms with Crippen molar-refractivity contribution in [2.75, 3.05) is 0 Å². The van der Waals surface area contributed by atoms with Crippen LogP contribution < -0.4 is 5.73 Å². The molecule has 1 atom stereocenters. The first-order valence-corrected chi connectivity index (χ1v) is 6.88. The molecule has 1 aromatic heterocycles. The maximum absolute atomic E-state index is 6.46. The third kappa shape index (κ3) is 2.82. The van der Waals surface area contributed by atoms with E-state index in [1.165, 1.54) is 0 Å². The lowest BCUT2D eigenvalue weighted by Gasteiger charge is -2.25. The lowest BCUT2D eigenvalue weighted by atomic mass is 9.88.